The zero-order chi connectivity index (χ0) is 15.0. The van der Waals surface area contributed by atoms with Crippen LogP contribution in [0.1, 0.15) is 11.4 Å². The Morgan fingerprint density at radius 3 is 2.76 bits per heavy atom. The zero-order valence-electron chi connectivity index (χ0n) is 11.4. The highest BCUT2D eigenvalue weighted by Crippen LogP contribution is 2.26. The lowest BCUT2D eigenvalue weighted by Gasteiger charge is -2.10. The molecule has 0 N–H and O–H groups in total. The first-order valence-corrected chi connectivity index (χ1v) is 7.13. The van der Waals surface area contributed by atoms with Crippen LogP contribution in [0.2, 0.25) is 0 Å². The molecule has 0 spiro atoms. The fraction of sp³-hybridized carbons (Fsp3) is 0.188. The maximum Gasteiger partial charge on any atom is 0.182 e. The highest BCUT2D eigenvalue weighted by Gasteiger charge is 2.17. The molecule has 0 amide bonds. The van der Waals surface area contributed by atoms with Crippen molar-refractivity contribution in [2.45, 2.75) is 13.3 Å². The minimum Gasteiger partial charge on any atom is -0.293 e. The fourth-order valence-corrected chi connectivity index (χ4v) is 2.59. The Bertz CT molecular complexity index is 811. The first-order chi connectivity index (χ1) is 10.1. The second-order valence-electron chi connectivity index (χ2n) is 4.87. The van der Waals surface area contributed by atoms with Crippen LogP contribution < -0.4 is 0 Å². The molecule has 3 rings (SSSR count). The number of hydrogen-bond donors (Lipinski definition) is 0. The molecule has 0 aliphatic heterocycles. The molecular weight excluding hydrogens is 294 g/mol. The van der Waals surface area contributed by atoms with Crippen molar-refractivity contribution in [3.8, 4) is 5.69 Å². The molecule has 0 radical (unpaired) electrons. The van der Waals surface area contributed by atoms with E-state index in [2.05, 4.69) is 4.98 Å². The molecule has 0 atom stereocenters. The molecule has 0 aliphatic carbocycles. The van der Waals surface area contributed by atoms with Gasteiger partial charge in [0.1, 0.15) is 5.82 Å². The third kappa shape index (κ3) is 2.40. The molecule has 0 fully saturated rings. The summed E-state index contributed by atoms with van der Waals surface area (Å²) in [5, 5.41) is 0. The Kier molecular flexibility index (Phi) is 3.64. The molecule has 5 heteroatoms. The minimum absolute atomic E-state index is 0.156. The molecule has 108 valence electrons. The van der Waals surface area contributed by atoms with Gasteiger partial charge in [0, 0.05) is 12.3 Å². The SMILES string of the molecule is Cc1ccc2nc(CCCl)n(-c3cccc(F)c3F)c2c1. The lowest BCUT2D eigenvalue weighted by atomic mass is 10.2. The highest BCUT2D eigenvalue weighted by molar-refractivity contribution is 6.17. The number of halogens is 3. The highest BCUT2D eigenvalue weighted by atomic mass is 35.5. The van der Waals surface area contributed by atoms with E-state index in [1.807, 2.05) is 25.1 Å². The maximum absolute atomic E-state index is 14.2. The van der Waals surface area contributed by atoms with Gasteiger partial charge in [0.05, 0.1) is 16.7 Å². The summed E-state index contributed by atoms with van der Waals surface area (Å²) in [6.07, 6.45) is 0.477. The van der Waals surface area contributed by atoms with Gasteiger partial charge in [0.15, 0.2) is 11.6 Å². The zero-order valence-corrected chi connectivity index (χ0v) is 12.2. The minimum atomic E-state index is -0.880. The van der Waals surface area contributed by atoms with Gasteiger partial charge >= 0.3 is 0 Å². The Morgan fingerprint density at radius 1 is 1.19 bits per heavy atom. The first kappa shape index (κ1) is 14.0. The number of aryl methyl sites for hydroxylation is 2. The van der Waals surface area contributed by atoms with Gasteiger partial charge < -0.3 is 0 Å². The van der Waals surface area contributed by atoms with Crippen molar-refractivity contribution in [3.63, 3.8) is 0 Å². The lowest BCUT2D eigenvalue weighted by molar-refractivity contribution is 0.504. The number of nitrogens with zero attached hydrogens (tertiary/aromatic N) is 2. The van der Waals surface area contributed by atoms with Crippen molar-refractivity contribution in [3.05, 3.63) is 59.4 Å². The van der Waals surface area contributed by atoms with Crippen molar-refractivity contribution >= 4 is 22.6 Å². The number of alkyl halides is 1. The average Bonchev–Trinajstić information content (AvgIpc) is 2.80. The summed E-state index contributed by atoms with van der Waals surface area (Å²) >= 11 is 5.80. The van der Waals surface area contributed by atoms with E-state index in [1.54, 1.807) is 10.6 Å². The van der Waals surface area contributed by atoms with Gasteiger partial charge in [-0.15, -0.1) is 11.6 Å². The molecule has 0 saturated heterocycles. The van der Waals surface area contributed by atoms with Crippen LogP contribution in [0.4, 0.5) is 8.78 Å². The summed E-state index contributed by atoms with van der Waals surface area (Å²) in [5.41, 5.74) is 2.67. The van der Waals surface area contributed by atoms with E-state index in [0.717, 1.165) is 22.7 Å². The molecule has 0 bridgehead atoms. The molecule has 2 nitrogen and oxygen atoms in total. The van der Waals surface area contributed by atoms with Gasteiger partial charge in [0.2, 0.25) is 0 Å². The van der Waals surface area contributed by atoms with E-state index < -0.39 is 11.6 Å². The molecule has 21 heavy (non-hydrogen) atoms. The number of benzene rings is 2. The number of rotatable bonds is 3. The molecule has 1 heterocycles. The maximum atomic E-state index is 14.2. The molecule has 0 unspecified atom stereocenters. The van der Waals surface area contributed by atoms with Gasteiger partial charge in [-0.25, -0.2) is 13.8 Å². The first-order valence-electron chi connectivity index (χ1n) is 6.60. The van der Waals surface area contributed by atoms with E-state index in [4.69, 9.17) is 11.6 Å². The smallest absolute Gasteiger partial charge is 0.182 e. The molecule has 0 aliphatic rings. The normalized spacial score (nSPS) is 11.2. The van der Waals surface area contributed by atoms with Crippen LogP contribution >= 0.6 is 11.6 Å². The average molecular weight is 307 g/mol. The van der Waals surface area contributed by atoms with Crippen LogP contribution in [0.25, 0.3) is 16.7 Å². The number of fused-ring (bicyclic) bond motifs is 1. The number of aromatic nitrogens is 2. The Labute approximate surface area is 126 Å². The topological polar surface area (TPSA) is 17.8 Å². The van der Waals surface area contributed by atoms with Crippen LogP contribution in [0.15, 0.2) is 36.4 Å². The second kappa shape index (κ2) is 5.45. The van der Waals surface area contributed by atoms with Crippen LogP contribution in [0.5, 0.6) is 0 Å². The lowest BCUT2D eigenvalue weighted by Crippen LogP contribution is -2.05. The molecule has 3 aromatic rings. The predicted molar refractivity (Wildman–Crippen MR) is 80.1 cm³/mol. The summed E-state index contributed by atoms with van der Waals surface area (Å²) in [6, 6.07) is 9.84. The predicted octanol–water partition coefficient (Wildman–Crippen LogP) is 4.39. The third-order valence-corrected chi connectivity index (χ3v) is 3.56. The van der Waals surface area contributed by atoms with E-state index in [0.29, 0.717) is 18.1 Å². The van der Waals surface area contributed by atoms with Crippen LogP contribution in [0, 0.1) is 18.6 Å². The van der Waals surface area contributed by atoms with Gasteiger partial charge in [-0.05, 0) is 36.8 Å². The van der Waals surface area contributed by atoms with E-state index in [1.165, 1.54) is 6.07 Å². The molecule has 2 aromatic carbocycles. The van der Waals surface area contributed by atoms with Crippen molar-refractivity contribution in [1.82, 2.24) is 9.55 Å². The standard InChI is InChI=1S/C16H13ClF2N2/c1-10-5-6-12-14(9-10)21(15(20-12)7-8-17)13-4-2-3-11(18)16(13)19/h2-6,9H,7-8H2,1H3. The summed E-state index contributed by atoms with van der Waals surface area (Å²) in [6.45, 7) is 1.94. The van der Waals surface area contributed by atoms with E-state index in [-0.39, 0.29) is 5.69 Å². The van der Waals surface area contributed by atoms with Crippen molar-refractivity contribution < 1.29 is 8.78 Å². The Hall–Kier alpha value is -1.94. The third-order valence-electron chi connectivity index (χ3n) is 3.37. The van der Waals surface area contributed by atoms with Crippen LogP contribution in [-0.4, -0.2) is 15.4 Å². The molecule has 1 aromatic heterocycles. The van der Waals surface area contributed by atoms with E-state index >= 15 is 0 Å². The molecule has 0 saturated carbocycles. The Balaban J connectivity index is 2.35. The van der Waals surface area contributed by atoms with Crippen LogP contribution in [0.3, 0.4) is 0 Å². The number of imidazole rings is 1. The van der Waals surface area contributed by atoms with Gasteiger partial charge in [-0.3, -0.25) is 4.57 Å². The Morgan fingerprint density at radius 2 is 2.00 bits per heavy atom. The summed E-state index contributed by atoms with van der Waals surface area (Å²) in [7, 11) is 0. The van der Waals surface area contributed by atoms with Crippen molar-refractivity contribution in [1.29, 1.82) is 0 Å². The van der Waals surface area contributed by atoms with Gasteiger partial charge in [0.25, 0.3) is 0 Å². The van der Waals surface area contributed by atoms with Gasteiger partial charge in [-0.2, -0.15) is 0 Å². The number of hydrogen-bond acceptors (Lipinski definition) is 1. The summed E-state index contributed by atoms with van der Waals surface area (Å²) < 4.78 is 29.3. The van der Waals surface area contributed by atoms with Crippen molar-refractivity contribution in [2.75, 3.05) is 5.88 Å². The fourth-order valence-electron chi connectivity index (χ4n) is 2.42. The quantitative estimate of drug-likeness (QED) is 0.656. The second-order valence-corrected chi connectivity index (χ2v) is 5.25. The monoisotopic (exact) mass is 306 g/mol. The molecular formula is C16H13ClF2N2. The summed E-state index contributed by atoms with van der Waals surface area (Å²) in [4.78, 5) is 4.48. The van der Waals surface area contributed by atoms with Crippen LogP contribution in [-0.2, 0) is 6.42 Å². The summed E-state index contributed by atoms with van der Waals surface area (Å²) in [5.74, 6) is -0.776. The van der Waals surface area contributed by atoms with E-state index in [9.17, 15) is 8.78 Å². The van der Waals surface area contributed by atoms with Gasteiger partial charge in [-0.1, -0.05) is 12.1 Å². The largest absolute Gasteiger partial charge is 0.293 e. The van der Waals surface area contributed by atoms with Crippen molar-refractivity contribution in [2.24, 2.45) is 0 Å².